The molecule has 1 N–H and O–H groups in total. The highest BCUT2D eigenvalue weighted by Gasteiger charge is 2.36. The first-order chi connectivity index (χ1) is 20.9. The molecule has 0 aliphatic heterocycles. The third kappa shape index (κ3) is 8.19. The van der Waals surface area contributed by atoms with E-state index in [1.807, 2.05) is 31.2 Å². The normalized spacial score (nSPS) is 14.9. The van der Waals surface area contributed by atoms with E-state index in [1.54, 1.807) is 13.0 Å². The quantitative estimate of drug-likeness (QED) is 0.264. The molecule has 3 aromatic carbocycles. The van der Waals surface area contributed by atoms with Crippen molar-refractivity contribution in [2.45, 2.75) is 82.1 Å². The molecular weight excluding hydrogens is 591 g/mol. The smallest absolute Gasteiger partial charge is 0.352 e. The van der Waals surface area contributed by atoms with Crippen molar-refractivity contribution in [2.75, 3.05) is 10.8 Å². The first-order valence-electron chi connectivity index (χ1n) is 14.8. The van der Waals surface area contributed by atoms with E-state index in [9.17, 15) is 31.2 Å². The first kappa shape index (κ1) is 33.0. The molecule has 0 spiro atoms. The Labute approximate surface area is 257 Å². The molecule has 1 aliphatic rings. The maximum atomic E-state index is 14.2. The molecule has 1 fully saturated rings. The fraction of sp³-hybridized carbons (Fsp3) is 0.394. The molecule has 0 unspecified atom stereocenters. The molecular formula is C33H38F3N3O4S. The van der Waals surface area contributed by atoms with Gasteiger partial charge in [0.25, 0.3) is 10.0 Å². The summed E-state index contributed by atoms with van der Waals surface area (Å²) in [6.45, 7) is 2.89. The van der Waals surface area contributed by atoms with Crippen molar-refractivity contribution in [3.8, 4) is 0 Å². The Hall–Kier alpha value is -3.86. The predicted octanol–water partition coefficient (Wildman–Crippen LogP) is 6.47. The van der Waals surface area contributed by atoms with E-state index in [1.165, 1.54) is 35.2 Å². The summed E-state index contributed by atoms with van der Waals surface area (Å²) < 4.78 is 69.4. The third-order valence-corrected chi connectivity index (χ3v) is 9.67. The van der Waals surface area contributed by atoms with Crippen LogP contribution >= 0.6 is 0 Å². The lowest BCUT2D eigenvalue weighted by atomic mass is 9.95. The van der Waals surface area contributed by atoms with Gasteiger partial charge >= 0.3 is 6.18 Å². The first-order valence-corrected chi connectivity index (χ1v) is 16.2. The summed E-state index contributed by atoms with van der Waals surface area (Å²) >= 11 is 0. The Kier molecular flexibility index (Phi) is 10.7. The van der Waals surface area contributed by atoms with Crippen LogP contribution in [0.1, 0.15) is 62.1 Å². The van der Waals surface area contributed by atoms with Gasteiger partial charge in [-0.15, -0.1) is 0 Å². The Morgan fingerprint density at radius 2 is 1.59 bits per heavy atom. The number of rotatable bonds is 11. The Morgan fingerprint density at radius 1 is 0.932 bits per heavy atom. The molecule has 0 heterocycles. The summed E-state index contributed by atoms with van der Waals surface area (Å²) in [6.07, 6.45) is 0.297. The zero-order chi connectivity index (χ0) is 31.9. The van der Waals surface area contributed by atoms with Crippen molar-refractivity contribution in [3.63, 3.8) is 0 Å². The SMILES string of the molecule is CC[C@H](C(=O)NC1CCCCC1)N(Cc1ccc(C)cc1)C(=O)CN(c1cccc(C(F)(F)F)c1)S(=O)(=O)c1ccccc1. The number of benzene rings is 3. The standard InChI is InChI=1S/C33H38F3N3O4S/c1-3-30(32(41)37-27-12-6-4-7-13-27)38(22-25-19-17-24(2)18-20-25)31(40)23-39(44(42,43)29-15-8-5-9-16-29)28-14-10-11-26(21-28)33(34,35)36/h5,8-11,14-21,27,30H,3-4,6-7,12-13,22-23H2,1-2H3,(H,37,41)/t30-/m1/s1. The second-order valence-electron chi connectivity index (χ2n) is 11.1. The van der Waals surface area contributed by atoms with Gasteiger partial charge in [-0.1, -0.05) is 80.3 Å². The van der Waals surface area contributed by atoms with Gasteiger partial charge in [0.1, 0.15) is 12.6 Å². The van der Waals surface area contributed by atoms with Crippen LogP contribution < -0.4 is 9.62 Å². The summed E-state index contributed by atoms with van der Waals surface area (Å²) in [5.74, 6) is -1.05. The number of alkyl halides is 3. The second-order valence-corrected chi connectivity index (χ2v) is 13.0. The number of aryl methyl sites for hydroxylation is 1. The number of nitrogens with zero attached hydrogens (tertiary/aromatic N) is 2. The maximum absolute atomic E-state index is 14.2. The number of halogens is 3. The lowest BCUT2D eigenvalue weighted by Gasteiger charge is -2.34. The minimum Gasteiger partial charge on any atom is -0.352 e. The number of hydrogen-bond acceptors (Lipinski definition) is 4. The van der Waals surface area contributed by atoms with E-state index in [0.717, 1.165) is 55.4 Å². The Bertz CT molecular complexity index is 1520. The molecule has 2 amide bonds. The van der Waals surface area contributed by atoms with E-state index in [2.05, 4.69) is 5.32 Å². The summed E-state index contributed by atoms with van der Waals surface area (Å²) in [5, 5.41) is 3.08. The molecule has 11 heteroatoms. The van der Waals surface area contributed by atoms with Gasteiger partial charge < -0.3 is 10.2 Å². The summed E-state index contributed by atoms with van der Waals surface area (Å²) in [7, 11) is -4.48. The summed E-state index contributed by atoms with van der Waals surface area (Å²) in [5.41, 5.74) is 0.361. The molecule has 0 saturated heterocycles. The van der Waals surface area contributed by atoms with E-state index in [-0.39, 0.29) is 35.5 Å². The highest BCUT2D eigenvalue weighted by molar-refractivity contribution is 7.92. The van der Waals surface area contributed by atoms with Gasteiger partial charge in [0.2, 0.25) is 11.8 Å². The molecule has 1 aliphatic carbocycles. The van der Waals surface area contributed by atoms with Crippen molar-refractivity contribution < 1.29 is 31.2 Å². The highest BCUT2D eigenvalue weighted by atomic mass is 32.2. The highest BCUT2D eigenvalue weighted by Crippen LogP contribution is 2.33. The lowest BCUT2D eigenvalue weighted by molar-refractivity contribution is -0.140. The average Bonchev–Trinajstić information content (AvgIpc) is 3.01. The van der Waals surface area contributed by atoms with Gasteiger partial charge in [0, 0.05) is 12.6 Å². The van der Waals surface area contributed by atoms with Gasteiger partial charge in [0.15, 0.2) is 0 Å². The van der Waals surface area contributed by atoms with Gasteiger partial charge in [-0.3, -0.25) is 13.9 Å². The molecule has 0 bridgehead atoms. The van der Waals surface area contributed by atoms with Gasteiger partial charge in [0.05, 0.1) is 16.1 Å². The third-order valence-electron chi connectivity index (χ3n) is 7.88. The van der Waals surface area contributed by atoms with Gasteiger partial charge in [-0.2, -0.15) is 13.2 Å². The fourth-order valence-electron chi connectivity index (χ4n) is 5.44. The minimum atomic E-state index is -4.73. The van der Waals surface area contributed by atoms with Gasteiger partial charge in [-0.25, -0.2) is 8.42 Å². The van der Waals surface area contributed by atoms with Crippen LogP contribution in [0.25, 0.3) is 0 Å². The van der Waals surface area contributed by atoms with Crippen LogP contribution in [0.15, 0.2) is 83.8 Å². The molecule has 1 atom stereocenters. The van der Waals surface area contributed by atoms with Crippen molar-refractivity contribution in [2.24, 2.45) is 0 Å². The number of nitrogens with one attached hydrogen (secondary N) is 1. The summed E-state index contributed by atoms with van der Waals surface area (Å²) in [4.78, 5) is 28.9. The Morgan fingerprint density at radius 3 is 2.20 bits per heavy atom. The van der Waals surface area contributed by atoms with E-state index >= 15 is 0 Å². The van der Waals surface area contributed by atoms with E-state index in [4.69, 9.17) is 0 Å². The molecule has 236 valence electrons. The van der Waals surface area contributed by atoms with Crippen molar-refractivity contribution >= 4 is 27.5 Å². The fourth-order valence-corrected chi connectivity index (χ4v) is 6.87. The second kappa shape index (κ2) is 14.3. The molecule has 7 nitrogen and oxygen atoms in total. The zero-order valence-corrected chi connectivity index (χ0v) is 25.7. The number of sulfonamides is 1. The maximum Gasteiger partial charge on any atom is 0.416 e. The van der Waals surface area contributed by atoms with Crippen LogP contribution in [-0.2, 0) is 32.3 Å². The average molecular weight is 630 g/mol. The van der Waals surface area contributed by atoms with Crippen LogP contribution in [0.2, 0.25) is 0 Å². The number of amides is 2. The van der Waals surface area contributed by atoms with Crippen molar-refractivity contribution in [1.82, 2.24) is 10.2 Å². The van der Waals surface area contributed by atoms with Gasteiger partial charge in [-0.05, 0) is 62.1 Å². The number of hydrogen-bond donors (Lipinski definition) is 1. The Balaban J connectivity index is 1.74. The molecule has 0 radical (unpaired) electrons. The monoisotopic (exact) mass is 629 g/mol. The van der Waals surface area contributed by atoms with Crippen molar-refractivity contribution in [1.29, 1.82) is 0 Å². The van der Waals surface area contributed by atoms with Crippen LogP contribution in [-0.4, -0.2) is 43.8 Å². The zero-order valence-electron chi connectivity index (χ0n) is 24.9. The largest absolute Gasteiger partial charge is 0.416 e. The predicted molar refractivity (Wildman–Crippen MR) is 163 cm³/mol. The molecule has 44 heavy (non-hydrogen) atoms. The summed E-state index contributed by atoms with van der Waals surface area (Å²) in [6, 6.07) is 17.6. The minimum absolute atomic E-state index is 0.0114. The topological polar surface area (TPSA) is 86.8 Å². The van der Waals surface area contributed by atoms with Crippen molar-refractivity contribution in [3.05, 3.63) is 95.6 Å². The van der Waals surface area contributed by atoms with Crippen LogP contribution in [0, 0.1) is 6.92 Å². The van der Waals surface area contributed by atoms with Crippen LogP contribution in [0.5, 0.6) is 0 Å². The molecule has 1 saturated carbocycles. The number of carbonyl (C=O) groups excluding carboxylic acids is 2. The van der Waals surface area contributed by atoms with Crippen LogP contribution in [0.4, 0.5) is 18.9 Å². The molecule has 3 aromatic rings. The van der Waals surface area contributed by atoms with E-state index in [0.29, 0.717) is 10.4 Å². The molecule has 0 aromatic heterocycles. The number of carbonyl (C=O) groups is 2. The van der Waals surface area contributed by atoms with Crippen LogP contribution in [0.3, 0.4) is 0 Å². The van der Waals surface area contributed by atoms with E-state index < -0.39 is 40.3 Å². The number of anilines is 1. The lowest BCUT2D eigenvalue weighted by Crippen LogP contribution is -2.54. The molecule has 4 rings (SSSR count).